The summed E-state index contributed by atoms with van der Waals surface area (Å²) < 4.78 is 1.68. The molecular formula is C13H12N4OS. The first kappa shape index (κ1) is 12.0. The molecule has 0 fully saturated rings. The molecule has 5 nitrogen and oxygen atoms in total. The van der Waals surface area contributed by atoms with Crippen molar-refractivity contribution in [1.82, 2.24) is 20.0 Å². The molecule has 3 aromatic rings. The van der Waals surface area contributed by atoms with Crippen LogP contribution in [0.4, 0.5) is 0 Å². The standard InChI is InChI=1S/C13H12N4OS/c18-8-11-6-17(16-15-11)7-12-9-19-13(14-12)10-4-2-1-3-5-10/h1-6,9,18H,7-8H2. The van der Waals surface area contributed by atoms with Gasteiger partial charge in [0, 0.05) is 10.9 Å². The summed E-state index contributed by atoms with van der Waals surface area (Å²) in [6, 6.07) is 10.1. The lowest BCUT2D eigenvalue weighted by molar-refractivity contribution is 0.276. The molecule has 0 bridgehead atoms. The van der Waals surface area contributed by atoms with Crippen LogP contribution in [0, 0.1) is 0 Å². The van der Waals surface area contributed by atoms with Gasteiger partial charge in [-0.3, -0.25) is 0 Å². The van der Waals surface area contributed by atoms with E-state index in [1.54, 1.807) is 22.2 Å². The SMILES string of the molecule is OCc1cn(Cc2csc(-c3ccccc3)n2)nn1. The quantitative estimate of drug-likeness (QED) is 0.788. The third kappa shape index (κ3) is 2.69. The summed E-state index contributed by atoms with van der Waals surface area (Å²) in [6.45, 7) is 0.475. The number of benzene rings is 1. The van der Waals surface area contributed by atoms with Crippen molar-refractivity contribution in [3.8, 4) is 10.6 Å². The van der Waals surface area contributed by atoms with Gasteiger partial charge in [-0.05, 0) is 0 Å². The molecule has 0 amide bonds. The first-order chi connectivity index (χ1) is 9.35. The molecule has 0 aliphatic heterocycles. The van der Waals surface area contributed by atoms with Crippen molar-refractivity contribution in [2.45, 2.75) is 13.2 Å². The first-order valence-corrected chi connectivity index (χ1v) is 6.73. The number of thiazole rings is 1. The molecule has 0 atom stereocenters. The lowest BCUT2D eigenvalue weighted by Crippen LogP contribution is -2.00. The zero-order valence-corrected chi connectivity index (χ0v) is 10.9. The molecule has 0 radical (unpaired) electrons. The summed E-state index contributed by atoms with van der Waals surface area (Å²) in [5, 5.41) is 19.7. The van der Waals surface area contributed by atoms with Crippen LogP contribution in [0.25, 0.3) is 10.6 Å². The highest BCUT2D eigenvalue weighted by Gasteiger charge is 2.06. The van der Waals surface area contributed by atoms with E-state index in [0.717, 1.165) is 16.3 Å². The van der Waals surface area contributed by atoms with Gasteiger partial charge in [-0.2, -0.15) is 0 Å². The van der Waals surface area contributed by atoms with Crippen molar-refractivity contribution in [2.24, 2.45) is 0 Å². The first-order valence-electron chi connectivity index (χ1n) is 5.85. The second-order valence-corrected chi connectivity index (χ2v) is 4.93. The van der Waals surface area contributed by atoms with Gasteiger partial charge < -0.3 is 5.11 Å². The fraction of sp³-hybridized carbons (Fsp3) is 0.154. The summed E-state index contributed by atoms with van der Waals surface area (Å²) in [6.07, 6.45) is 1.72. The topological polar surface area (TPSA) is 63.8 Å². The van der Waals surface area contributed by atoms with Crippen molar-refractivity contribution in [3.05, 3.63) is 53.3 Å². The third-order valence-corrected chi connectivity index (χ3v) is 3.58. The maximum absolute atomic E-state index is 8.94. The van der Waals surface area contributed by atoms with E-state index < -0.39 is 0 Å². The predicted octanol–water partition coefficient (Wildman–Crippen LogP) is 1.94. The molecular weight excluding hydrogens is 260 g/mol. The second kappa shape index (κ2) is 5.29. The fourth-order valence-electron chi connectivity index (χ4n) is 1.75. The van der Waals surface area contributed by atoms with Crippen molar-refractivity contribution in [1.29, 1.82) is 0 Å². The van der Waals surface area contributed by atoms with Crippen molar-refractivity contribution >= 4 is 11.3 Å². The van der Waals surface area contributed by atoms with E-state index in [9.17, 15) is 0 Å². The van der Waals surface area contributed by atoms with E-state index in [2.05, 4.69) is 15.3 Å². The van der Waals surface area contributed by atoms with Gasteiger partial charge in [0.25, 0.3) is 0 Å². The Morgan fingerprint density at radius 1 is 1.16 bits per heavy atom. The van der Waals surface area contributed by atoms with Gasteiger partial charge in [0.15, 0.2) is 0 Å². The Kier molecular flexibility index (Phi) is 3.35. The molecule has 2 aromatic heterocycles. The van der Waals surface area contributed by atoms with Crippen molar-refractivity contribution in [2.75, 3.05) is 0 Å². The van der Waals surface area contributed by atoms with Gasteiger partial charge >= 0.3 is 0 Å². The molecule has 3 rings (SSSR count). The molecule has 0 unspecified atom stereocenters. The Balaban J connectivity index is 1.78. The Morgan fingerprint density at radius 2 is 2.00 bits per heavy atom. The largest absolute Gasteiger partial charge is 0.390 e. The monoisotopic (exact) mass is 272 g/mol. The van der Waals surface area contributed by atoms with E-state index in [1.807, 2.05) is 35.7 Å². The number of hydrogen-bond donors (Lipinski definition) is 1. The van der Waals surface area contributed by atoms with Crippen LogP contribution in [0.1, 0.15) is 11.4 Å². The number of aromatic nitrogens is 4. The molecule has 0 spiro atoms. The normalized spacial score (nSPS) is 10.8. The highest BCUT2D eigenvalue weighted by atomic mass is 32.1. The molecule has 19 heavy (non-hydrogen) atoms. The number of rotatable bonds is 4. The summed E-state index contributed by atoms with van der Waals surface area (Å²) in [5.74, 6) is 0. The van der Waals surface area contributed by atoms with Crippen LogP contribution in [0.3, 0.4) is 0 Å². The Bertz CT molecular complexity index is 662. The van der Waals surface area contributed by atoms with E-state index in [1.165, 1.54) is 0 Å². The summed E-state index contributed by atoms with van der Waals surface area (Å²) in [4.78, 5) is 4.58. The molecule has 1 aromatic carbocycles. The highest BCUT2D eigenvalue weighted by Crippen LogP contribution is 2.23. The van der Waals surface area contributed by atoms with Crippen LogP contribution >= 0.6 is 11.3 Å². The molecule has 1 N–H and O–H groups in total. The van der Waals surface area contributed by atoms with Gasteiger partial charge in [-0.25, -0.2) is 9.67 Å². The van der Waals surface area contributed by atoms with Gasteiger partial charge in [0.05, 0.1) is 25.0 Å². The van der Waals surface area contributed by atoms with Crippen LogP contribution in [0.5, 0.6) is 0 Å². The minimum absolute atomic E-state index is 0.0909. The zero-order valence-electron chi connectivity index (χ0n) is 10.1. The predicted molar refractivity (Wildman–Crippen MR) is 72.6 cm³/mol. The Morgan fingerprint density at radius 3 is 2.74 bits per heavy atom. The van der Waals surface area contributed by atoms with Crippen molar-refractivity contribution in [3.63, 3.8) is 0 Å². The third-order valence-electron chi connectivity index (χ3n) is 2.64. The van der Waals surface area contributed by atoms with E-state index in [-0.39, 0.29) is 6.61 Å². The summed E-state index contributed by atoms with van der Waals surface area (Å²) in [5.41, 5.74) is 2.63. The summed E-state index contributed by atoms with van der Waals surface area (Å²) in [7, 11) is 0. The minimum Gasteiger partial charge on any atom is -0.390 e. The maximum Gasteiger partial charge on any atom is 0.123 e. The Labute approximate surface area is 114 Å². The second-order valence-electron chi connectivity index (χ2n) is 4.08. The van der Waals surface area contributed by atoms with Crippen LogP contribution in [0.2, 0.25) is 0 Å². The van der Waals surface area contributed by atoms with Crippen LogP contribution in [-0.4, -0.2) is 25.1 Å². The number of aliphatic hydroxyl groups excluding tert-OH is 1. The van der Waals surface area contributed by atoms with Gasteiger partial charge in [-0.1, -0.05) is 35.5 Å². The van der Waals surface area contributed by atoms with Crippen molar-refractivity contribution < 1.29 is 5.11 Å². The molecule has 2 heterocycles. The molecule has 0 saturated carbocycles. The average Bonchev–Trinajstić information content (AvgIpc) is 3.09. The number of hydrogen-bond acceptors (Lipinski definition) is 5. The fourth-order valence-corrected chi connectivity index (χ4v) is 2.56. The average molecular weight is 272 g/mol. The van der Waals surface area contributed by atoms with E-state index in [4.69, 9.17) is 5.11 Å². The van der Waals surface area contributed by atoms with Crippen LogP contribution in [-0.2, 0) is 13.2 Å². The Hall–Kier alpha value is -2.05. The van der Waals surface area contributed by atoms with Crippen LogP contribution < -0.4 is 0 Å². The van der Waals surface area contributed by atoms with E-state index >= 15 is 0 Å². The smallest absolute Gasteiger partial charge is 0.123 e. The van der Waals surface area contributed by atoms with Gasteiger partial charge in [0.2, 0.25) is 0 Å². The van der Waals surface area contributed by atoms with Gasteiger partial charge in [-0.15, -0.1) is 16.4 Å². The summed E-state index contributed by atoms with van der Waals surface area (Å²) >= 11 is 1.61. The lowest BCUT2D eigenvalue weighted by atomic mass is 10.2. The maximum atomic E-state index is 8.94. The van der Waals surface area contributed by atoms with Crippen LogP contribution in [0.15, 0.2) is 41.9 Å². The minimum atomic E-state index is -0.0909. The molecule has 0 aliphatic carbocycles. The van der Waals surface area contributed by atoms with E-state index in [0.29, 0.717) is 12.2 Å². The number of nitrogens with zero attached hydrogens (tertiary/aromatic N) is 4. The molecule has 0 saturated heterocycles. The highest BCUT2D eigenvalue weighted by molar-refractivity contribution is 7.13. The van der Waals surface area contributed by atoms with Gasteiger partial charge in [0.1, 0.15) is 10.7 Å². The number of aliphatic hydroxyl groups is 1. The molecule has 96 valence electrons. The molecule has 6 heteroatoms. The molecule has 0 aliphatic rings. The lowest BCUT2D eigenvalue weighted by Gasteiger charge is -1.96. The zero-order chi connectivity index (χ0) is 13.1.